The van der Waals surface area contributed by atoms with E-state index < -0.39 is 42.4 Å². The van der Waals surface area contributed by atoms with Gasteiger partial charge in [-0.05, 0) is 12.8 Å². The molecule has 146 valence electrons. The number of nitrogens with two attached hydrogens (primary N) is 1. The topological polar surface area (TPSA) is 171 Å². The van der Waals surface area contributed by atoms with Gasteiger partial charge in [-0.2, -0.15) is 0 Å². The maximum Gasteiger partial charge on any atom is 0.329 e. The van der Waals surface area contributed by atoms with Gasteiger partial charge in [0.1, 0.15) is 18.4 Å². The van der Waals surface area contributed by atoms with Gasteiger partial charge in [0.05, 0.1) is 19.0 Å². The molecule has 11 nitrogen and oxygen atoms in total. The number of hydrogen-bond acceptors (Lipinski definition) is 7. The molecule has 2 saturated heterocycles. The van der Waals surface area contributed by atoms with Crippen molar-refractivity contribution in [2.45, 2.75) is 56.7 Å². The van der Waals surface area contributed by atoms with Crippen molar-refractivity contribution in [1.29, 1.82) is 0 Å². The number of rotatable bonds is 9. The van der Waals surface area contributed by atoms with Crippen LogP contribution in [-0.2, 0) is 23.9 Å². The molecule has 0 aliphatic carbocycles. The molecule has 2 aliphatic rings. The van der Waals surface area contributed by atoms with Gasteiger partial charge in [0.2, 0.25) is 17.7 Å². The predicted molar refractivity (Wildman–Crippen MR) is 86.5 cm³/mol. The number of aliphatic hydroxyl groups is 1. The number of ether oxygens (including phenoxy) is 1. The third-order valence-corrected chi connectivity index (χ3v) is 4.41. The number of β-lactam (4-membered cyclic amide) rings is 1. The number of carbonyl (C=O) groups excluding carboxylic acids is 3. The van der Waals surface area contributed by atoms with Crippen LogP contribution >= 0.6 is 0 Å². The predicted octanol–water partition coefficient (Wildman–Crippen LogP) is -2.88. The number of nitrogens with one attached hydrogen (secondary N) is 2. The van der Waals surface area contributed by atoms with Crippen LogP contribution in [0.3, 0.4) is 0 Å². The maximum absolute atomic E-state index is 12.1. The largest absolute Gasteiger partial charge is 0.480 e. The highest BCUT2D eigenvalue weighted by molar-refractivity contribution is 5.87. The summed E-state index contributed by atoms with van der Waals surface area (Å²) in [6, 6.07) is -2.59. The fourth-order valence-electron chi connectivity index (χ4n) is 2.88. The number of nitrogens with zero attached hydrogens (tertiary/aromatic N) is 1. The Balaban J connectivity index is 1.84. The van der Waals surface area contributed by atoms with E-state index in [1.807, 2.05) is 0 Å². The fourth-order valence-corrected chi connectivity index (χ4v) is 2.88. The number of hydrogen-bond donors (Lipinski definition) is 5. The number of aliphatic carboxylic acids is 1. The molecular formula is C15H24N4O7. The first-order chi connectivity index (χ1) is 12.2. The molecule has 2 fully saturated rings. The Morgan fingerprint density at radius 3 is 2.65 bits per heavy atom. The molecule has 3 amide bonds. The average Bonchev–Trinajstić information content (AvgIpc) is 2.92. The third-order valence-electron chi connectivity index (χ3n) is 4.41. The lowest BCUT2D eigenvalue weighted by molar-refractivity contribution is -0.161. The van der Waals surface area contributed by atoms with Crippen LogP contribution in [0, 0.1) is 0 Å². The van der Waals surface area contributed by atoms with E-state index in [4.69, 9.17) is 10.5 Å². The number of aliphatic hydroxyl groups excluding tert-OH is 1. The molecule has 26 heavy (non-hydrogen) atoms. The molecule has 11 heteroatoms. The van der Waals surface area contributed by atoms with Gasteiger partial charge in [-0.1, -0.05) is 0 Å². The summed E-state index contributed by atoms with van der Waals surface area (Å²) in [6.07, 6.45) is -1.99. The third kappa shape index (κ3) is 4.68. The molecule has 2 unspecified atom stereocenters. The van der Waals surface area contributed by atoms with E-state index in [0.29, 0.717) is 13.0 Å². The van der Waals surface area contributed by atoms with Gasteiger partial charge in [-0.25, -0.2) is 4.79 Å². The van der Waals surface area contributed by atoms with Gasteiger partial charge in [-0.15, -0.1) is 0 Å². The Bertz CT molecular complexity index is 584. The van der Waals surface area contributed by atoms with Crippen molar-refractivity contribution in [3.8, 4) is 0 Å². The molecule has 2 heterocycles. The minimum absolute atomic E-state index is 0.0765. The molecule has 0 aromatic rings. The van der Waals surface area contributed by atoms with E-state index in [0.717, 1.165) is 0 Å². The lowest BCUT2D eigenvalue weighted by atomic mass is 10.0. The second-order valence-electron chi connectivity index (χ2n) is 6.43. The van der Waals surface area contributed by atoms with Crippen LogP contribution in [0.2, 0.25) is 0 Å². The van der Waals surface area contributed by atoms with Gasteiger partial charge in [-0.3, -0.25) is 14.4 Å². The van der Waals surface area contributed by atoms with Crippen LogP contribution in [0.1, 0.15) is 26.2 Å². The lowest BCUT2D eigenvalue weighted by Crippen LogP contribution is -2.57. The Kier molecular flexibility index (Phi) is 6.51. The molecule has 0 saturated carbocycles. The quantitative estimate of drug-likeness (QED) is 0.212. The zero-order valence-corrected chi connectivity index (χ0v) is 14.4. The number of carboxylic acids is 1. The number of carbonyl (C=O) groups is 4. The van der Waals surface area contributed by atoms with Gasteiger partial charge in [0.15, 0.2) is 6.04 Å². The van der Waals surface area contributed by atoms with Crippen molar-refractivity contribution >= 4 is 23.7 Å². The number of fused-ring (bicyclic) bond motifs is 1. The monoisotopic (exact) mass is 372 g/mol. The molecule has 0 spiro atoms. The van der Waals surface area contributed by atoms with Gasteiger partial charge < -0.3 is 36.2 Å². The highest BCUT2D eigenvalue weighted by Crippen LogP contribution is 2.30. The van der Waals surface area contributed by atoms with Crippen LogP contribution in [0.4, 0.5) is 0 Å². The molecule has 6 N–H and O–H groups in total. The first-order valence-electron chi connectivity index (χ1n) is 8.37. The van der Waals surface area contributed by atoms with Crippen molar-refractivity contribution in [1.82, 2.24) is 15.5 Å². The Morgan fingerprint density at radius 2 is 2.12 bits per heavy atom. The van der Waals surface area contributed by atoms with Crippen LogP contribution in [0.25, 0.3) is 0 Å². The summed E-state index contributed by atoms with van der Waals surface area (Å²) in [7, 11) is 0. The zero-order chi connectivity index (χ0) is 19.4. The maximum atomic E-state index is 12.1. The molecule has 5 atom stereocenters. The van der Waals surface area contributed by atoms with E-state index in [-0.39, 0.29) is 31.2 Å². The molecule has 0 aromatic heterocycles. The van der Waals surface area contributed by atoms with Crippen LogP contribution < -0.4 is 16.4 Å². The summed E-state index contributed by atoms with van der Waals surface area (Å²) in [6.45, 7) is 1.79. The summed E-state index contributed by atoms with van der Waals surface area (Å²) in [5.74, 6) is -2.48. The Hall–Kier alpha value is -2.24. The summed E-state index contributed by atoms with van der Waals surface area (Å²) in [5.41, 5.74) is 5.73. The van der Waals surface area contributed by atoms with Gasteiger partial charge in [0.25, 0.3) is 0 Å². The lowest BCUT2D eigenvalue weighted by Gasteiger charge is -2.31. The standard InChI is InChI=1S/C15H24N4O7/c1-7(20)17-4-2-3-8(16)14(23)18-12(15(24)25)13(22)9-6-19-10(21)5-11(19)26-9/h8-9,11-13,22H,2-6,16H2,1H3,(H,17,20)(H,18,23)(H,24,25)/t8-,9+,11?,12-,13?/m0/s1. The van der Waals surface area contributed by atoms with E-state index in [9.17, 15) is 29.4 Å². The minimum Gasteiger partial charge on any atom is -0.480 e. The normalized spacial score (nSPS) is 24.9. The summed E-state index contributed by atoms with van der Waals surface area (Å²) in [5, 5.41) is 24.4. The smallest absolute Gasteiger partial charge is 0.329 e. The van der Waals surface area contributed by atoms with Crippen LogP contribution in [-0.4, -0.2) is 82.4 Å². The van der Waals surface area contributed by atoms with E-state index in [1.165, 1.54) is 11.8 Å². The van der Waals surface area contributed by atoms with Crippen LogP contribution in [0.15, 0.2) is 0 Å². The first-order valence-corrected chi connectivity index (χ1v) is 8.37. The molecule has 0 radical (unpaired) electrons. The van der Waals surface area contributed by atoms with Crippen molar-refractivity contribution in [2.75, 3.05) is 13.1 Å². The Labute approximate surface area is 149 Å². The van der Waals surface area contributed by atoms with Gasteiger partial charge >= 0.3 is 5.97 Å². The van der Waals surface area contributed by atoms with Crippen molar-refractivity contribution < 1.29 is 34.1 Å². The first kappa shape index (κ1) is 20.1. The highest BCUT2D eigenvalue weighted by Gasteiger charge is 2.49. The molecular weight excluding hydrogens is 348 g/mol. The summed E-state index contributed by atoms with van der Waals surface area (Å²) < 4.78 is 5.44. The zero-order valence-electron chi connectivity index (χ0n) is 14.4. The molecule has 0 bridgehead atoms. The van der Waals surface area contributed by atoms with Crippen molar-refractivity contribution in [3.63, 3.8) is 0 Å². The highest BCUT2D eigenvalue weighted by atomic mass is 16.5. The van der Waals surface area contributed by atoms with E-state index in [1.54, 1.807) is 0 Å². The Morgan fingerprint density at radius 1 is 1.42 bits per heavy atom. The summed E-state index contributed by atoms with van der Waals surface area (Å²) in [4.78, 5) is 47.1. The fraction of sp³-hybridized carbons (Fsp3) is 0.733. The van der Waals surface area contributed by atoms with Crippen LogP contribution in [0.5, 0.6) is 0 Å². The molecule has 2 rings (SSSR count). The SMILES string of the molecule is CC(=O)NCCC[C@H](N)C(=O)N[C@H](C(=O)O)C(O)[C@H]1CN2C(=O)CC2O1. The van der Waals surface area contributed by atoms with E-state index in [2.05, 4.69) is 10.6 Å². The minimum atomic E-state index is -1.61. The molecule has 0 aromatic carbocycles. The second kappa shape index (κ2) is 8.43. The van der Waals surface area contributed by atoms with Crippen molar-refractivity contribution in [3.05, 3.63) is 0 Å². The number of carboxylic acid groups (broad SMARTS) is 1. The average molecular weight is 372 g/mol. The molecule has 2 aliphatic heterocycles. The van der Waals surface area contributed by atoms with Gasteiger partial charge in [0, 0.05) is 13.5 Å². The van der Waals surface area contributed by atoms with E-state index >= 15 is 0 Å². The van der Waals surface area contributed by atoms with Crippen molar-refractivity contribution in [2.24, 2.45) is 5.73 Å². The second-order valence-corrected chi connectivity index (χ2v) is 6.43. The summed E-state index contributed by atoms with van der Waals surface area (Å²) >= 11 is 0. The number of amides is 3.